The number of rotatable bonds is 3. The molecular weight excluding hydrogens is 208 g/mol. The van der Waals surface area contributed by atoms with Crippen molar-refractivity contribution in [2.75, 3.05) is 7.05 Å². The minimum absolute atomic E-state index is 0.910. The summed E-state index contributed by atoms with van der Waals surface area (Å²) >= 11 is 0. The lowest BCUT2D eigenvalue weighted by Gasteiger charge is -2.09. The zero-order chi connectivity index (χ0) is 12.3. The van der Waals surface area contributed by atoms with Crippen LogP contribution in [0.1, 0.15) is 16.7 Å². The summed E-state index contributed by atoms with van der Waals surface area (Å²) in [6, 6.07) is 8.75. The molecule has 2 heteroatoms. The second kappa shape index (κ2) is 5.11. The van der Waals surface area contributed by atoms with Crippen molar-refractivity contribution in [2.45, 2.75) is 20.4 Å². The Labute approximate surface area is 103 Å². The number of aryl methyl sites for hydroxylation is 2. The van der Waals surface area contributed by atoms with E-state index in [0.29, 0.717) is 0 Å². The standard InChI is InChI=1S/C15H18N2/c1-11-6-14(10-17-8-11)15-5-4-13(9-16-3)7-12(15)2/h4-8,10,16H,9H2,1-3H3. The van der Waals surface area contributed by atoms with Crippen molar-refractivity contribution in [1.29, 1.82) is 0 Å². The van der Waals surface area contributed by atoms with E-state index in [2.05, 4.69) is 48.4 Å². The summed E-state index contributed by atoms with van der Waals surface area (Å²) in [4.78, 5) is 4.25. The van der Waals surface area contributed by atoms with Gasteiger partial charge < -0.3 is 5.32 Å². The Balaban J connectivity index is 2.39. The molecule has 0 radical (unpaired) electrons. The summed E-state index contributed by atoms with van der Waals surface area (Å²) in [5, 5.41) is 3.17. The van der Waals surface area contributed by atoms with Crippen molar-refractivity contribution in [3.05, 3.63) is 53.3 Å². The summed E-state index contributed by atoms with van der Waals surface area (Å²) in [7, 11) is 1.97. The Morgan fingerprint density at radius 2 is 1.94 bits per heavy atom. The van der Waals surface area contributed by atoms with Gasteiger partial charge in [0.1, 0.15) is 0 Å². The summed E-state index contributed by atoms with van der Waals surface area (Å²) in [5.74, 6) is 0. The van der Waals surface area contributed by atoms with Crippen molar-refractivity contribution >= 4 is 0 Å². The van der Waals surface area contributed by atoms with E-state index in [4.69, 9.17) is 0 Å². The predicted molar refractivity (Wildman–Crippen MR) is 71.9 cm³/mol. The molecule has 0 fully saturated rings. The molecule has 2 aromatic rings. The molecule has 0 amide bonds. The Bertz CT molecular complexity index is 518. The molecule has 0 spiro atoms. The van der Waals surface area contributed by atoms with Crippen LogP contribution in [0.5, 0.6) is 0 Å². The molecule has 88 valence electrons. The summed E-state index contributed by atoms with van der Waals surface area (Å²) in [5.41, 5.74) is 6.26. The molecule has 0 atom stereocenters. The molecule has 17 heavy (non-hydrogen) atoms. The zero-order valence-corrected chi connectivity index (χ0v) is 10.6. The monoisotopic (exact) mass is 226 g/mol. The lowest BCUT2D eigenvalue weighted by molar-refractivity contribution is 0.817. The van der Waals surface area contributed by atoms with Crippen molar-refractivity contribution in [1.82, 2.24) is 10.3 Å². The first kappa shape index (κ1) is 11.8. The van der Waals surface area contributed by atoms with Gasteiger partial charge in [-0.25, -0.2) is 0 Å². The average Bonchev–Trinajstić information content (AvgIpc) is 2.29. The highest BCUT2D eigenvalue weighted by Gasteiger charge is 2.03. The van der Waals surface area contributed by atoms with Crippen LogP contribution in [0.3, 0.4) is 0 Å². The highest BCUT2D eigenvalue weighted by molar-refractivity contribution is 5.67. The van der Waals surface area contributed by atoms with Gasteiger partial charge in [0.15, 0.2) is 0 Å². The van der Waals surface area contributed by atoms with Crippen molar-refractivity contribution in [2.24, 2.45) is 0 Å². The number of nitrogens with one attached hydrogen (secondary N) is 1. The van der Waals surface area contributed by atoms with E-state index in [1.807, 2.05) is 19.4 Å². The lowest BCUT2D eigenvalue weighted by atomic mass is 9.99. The van der Waals surface area contributed by atoms with Gasteiger partial charge in [-0.2, -0.15) is 0 Å². The minimum atomic E-state index is 0.910. The summed E-state index contributed by atoms with van der Waals surface area (Å²) in [6.45, 7) is 5.13. The number of pyridine rings is 1. The number of hydrogen-bond acceptors (Lipinski definition) is 2. The number of nitrogens with zero attached hydrogens (tertiary/aromatic N) is 1. The number of benzene rings is 1. The third kappa shape index (κ3) is 2.71. The molecule has 0 bridgehead atoms. The highest BCUT2D eigenvalue weighted by atomic mass is 14.8. The Morgan fingerprint density at radius 1 is 1.12 bits per heavy atom. The molecule has 0 saturated carbocycles. The van der Waals surface area contributed by atoms with E-state index in [9.17, 15) is 0 Å². The van der Waals surface area contributed by atoms with Gasteiger partial charge in [0.25, 0.3) is 0 Å². The molecule has 1 N–H and O–H groups in total. The van der Waals surface area contributed by atoms with Gasteiger partial charge in [0.05, 0.1) is 0 Å². The fraction of sp³-hybridized carbons (Fsp3) is 0.267. The van der Waals surface area contributed by atoms with Crippen molar-refractivity contribution in [3.8, 4) is 11.1 Å². The van der Waals surface area contributed by atoms with Crippen LogP contribution < -0.4 is 5.32 Å². The van der Waals surface area contributed by atoms with Gasteiger partial charge in [-0.15, -0.1) is 0 Å². The summed E-state index contributed by atoms with van der Waals surface area (Å²) in [6.07, 6.45) is 3.81. The maximum Gasteiger partial charge on any atom is 0.0346 e. The summed E-state index contributed by atoms with van der Waals surface area (Å²) < 4.78 is 0. The normalized spacial score (nSPS) is 10.5. The third-order valence-corrected chi connectivity index (χ3v) is 2.86. The second-order valence-corrected chi connectivity index (χ2v) is 4.43. The van der Waals surface area contributed by atoms with Gasteiger partial charge in [-0.05, 0) is 49.2 Å². The van der Waals surface area contributed by atoms with Crippen LogP contribution in [0, 0.1) is 13.8 Å². The third-order valence-electron chi connectivity index (χ3n) is 2.86. The molecule has 2 rings (SSSR count). The van der Waals surface area contributed by atoms with Crippen LogP contribution in [0.15, 0.2) is 36.7 Å². The van der Waals surface area contributed by atoms with Crippen LogP contribution >= 0.6 is 0 Å². The Hall–Kier alpha value is -1.67. The molecule has 0 aliphatic heterocycles. The molecule has 1 aromatic carbocycles. The number of hydrogen-bond donors (Lipinski definition) is 1. The highest BCUT2D eigenvalue weighted by Crippen LogP contribution is 2.24. The van der Waals surface area contributed by atoms with E-state index in [1.54, 1.807) is 0 Å². The molecule has 0 saturated heterocycles. The predicted octanol–water partition coefficient (Wildman–Crippen LogP) is 3.08. The maximum absolute atomic E-state index is 4.25. The maximum atomic E-state index is 4.25. The van der Waals surface area contributed by atoms with E-state index in [-0.39, 0.29) is 0 Å². The SMILES string of the molecule is CNCc1ccc(-c2cncc(C)c2)c(C)c1. The van der Waals surface area contributed by atoms with E-state index in [1.165, 1.54) is 27.8 Å². The van der Waals surface area contributed by atoms with Crippen LogP contribution in [0.25, 0.3) is 11.1 Å². The molecule has 0 unspecified atom stereocenters. The fourth-order valence-electron chi connectivity index (χ4n) is 2.07. The Morgan fingerprint density at radius 3 is 2.59 bits per heavy atom. The van der Waals surface area contributed by atoms with Gasteiger partial charge >= 0.3 is 0 Å². The molecule has 2 nitrogen and oxygen atoms in total. The van der Waals surface area contributed by atoms with Gasteiger partial charge in [-0.3, -0.25) is 4.98 Å². The van der Waals surface area contributed by atoms with Crippen molar-refractivity contribution in [3.63, 3.8) is 0 Å². The zero-order valence-electron chi connectivity index (χ0n) is 10.6. The topological polar surface area (TPSA) is 24.9 Å². The smallest absolute Gasteiger partial charge is 0.0346 e. The fourth-order valence-corrected chi connectivity index (χ4v) is 2.07. The van der Waals surface area contributed by atoms with Crippen molar-refractivity contribution < 1.29 is 0 Å². The minimum Gasteiger partial charge on any atom is -0.316 e. The van der Waals surface area contributed by atoms with E-state index < -0.39 is 0 Å². The lowest BCUT2D eigenvalue weighted by Crippen LogP contribution is -2.05. The average molecular weight is 226 g/mol. The van der Waals surface area contributed by atoms with Crippen LogP contribution in [-0.4, -0.2) is 12.0 Å². The Kier molecular flexibility index (Phi) is 3.55. The van der Waals surface area contributed by atoms with Gasteiger partial charge in [0, 0.05) is 24.5 Å². The number of aromatic nitrogens is 1. The van der Waals surface area contributed by atoms with Gasteiger partial charge in [-0.1, -0.05) is 18.2 Å². The largest absolute Gasteiger partial charge is 0.316 e. The van der Waals surface area contributed by atoms with Crippen LogP contribution in [0.4, 0.5) is 0 Å². The first-order valence-electron chi connectivity index (χ1n) is 5.87. The van der Waals surface area contributed by atoms with E-state index in [0.717, 1.165) is 6.54 Å². The molecular formula is C15H18N2. The first-order valence-corrected chi connectivity index (χ1v) is 5.87. The quantitative estimate of drug-likeness (QED) is 0.870. The second-order valence-electron chi connectivity index (χ2n) is 4.43. The van der Waals surface area contributed by atoms with Crippen LogP contribution in [-0.2, 0) is 6.54 Å². The van der Waals surface area contributed by atoms with Crippen LogP contribution in [0.2, 0.25) is 0 Å². The molecule has 0 aliphatic rings. The first-order chi connectivity index (χ1) is 8.20. The van der Waals surface area contributed by atoms with Gasteiger partial charge in [0.2, 0.25) is 0 Å². The molecule has 1 aromatic heterocycles. The molecule has 1 heterocycles. The molecule has 0 aliphatic carbocycles. The van der Waals surface area contributed by atoms with E-state index >= 15 is 0 Å².